The highest BCUT2D eigenvalue weighted by Gasteiger charge is 2.36. The first-order valence-corrected chi connectivity index (χ1v) is 9.36. The molecule has 0 fully saturated rings. The molecule has 1 aliphatic heterocycles. The van der Waals surface area contributed by atoms with E-state index >= 15 is 0 Å². The van der Waals surface area contributed by atoms with Gasteiger partial charge in [-0.05, 0) is 18.2 Å². The molecule has 0 radical (unpaired) electrons. The zero-order valence-electron chi connectivity index (χ0n) is 15.0. The van der Waals surface area contributed by atoms with Gasteiger partial charge in [0.2, 0.25) is 5.78 Å². The summed E-state index contributed by atoms with van der Waals surface area (Å²) in [6, 6.07) is 3.03. The minimum Gasteiger partial charge on any atom is -0.360 e. The third-order valence-corrected chi connectivity index (χ3v) is 5.35. The summed E-state index contributed by atoms with van der Waals surface area (Å²) >= 11 is 11.7. The van der Waals surface area contributed by atoms with E-state index < -0.39 is 28.6 Å². The van der Waals surface area contributed by atoms with Gasteiger partial charge in [0.05, 0.1) is 30.2 Å². The lowest BCUT2D eigenvalue weighted by Crippen LogP contribution is -2.36. The van der Waals surface area contributed by atoms with Gasteiger partial charge in [-0.15, -0.1) is 0 Å². The number of hydrogen-bond acceptors (Lipinski definition) is 5. The predicted octanol–water partition coefficient (Wildman–Crippen LogP) is 3.54. The number of aromatic nitrogens is 4. The summed E-state index contributed by atoms with van der Waals surface area (Å²) < 4.78 is 41.7. The maximum Gasteiger partial charge on any atom is 0.417 e. The maximum atomic E-state index is 13.4. The second kappa shape index (κ2) is 7.44. The number of benzene rings is 1. The van der Waals surface area contributed by atoms with Crippen LogP contribution >= 0.6 is 23.2 Å². The van der Waals surface area contributed by atoms with Crippen LogP contribution in [-0.4, -0.2) is 32.1 Å². The summed E-state index contributed by atoms with van der Waals surface area (Å²) in [6.45, 7) is 0.806. The first-order valence-electron chi connectivity index (χ1n) is 8.61. The molecule has 0 aliphatic carbocycles. The number of H-pyrrole nitrogens is 1. The lowest BCUT2D eigenvalue weighted by Gasteiger charge is -2.30. The van der Waals surface area contributed by atoms with Crippen molar-refractivity contribution in [2.45, 2.75) is 19.3 Å². The van der Waals surface area contributed by atoms with Gasteiger partial charge in [0.25, 0.3) is 5.56 Å². The number of anilines is 1. The number of hydrogen-bond donors (Lipinski definition) is 1. The lowest BCUT2D eigenvalue weighted by molar-refractivity contribution is -0.137. The van der Waals surface area contributed by atoms with E-state index in [2.05, 4.69) is 15.2 Å². The number of carbonyl (C=O) groups is 1. The number of imidazole rings is 1. The van der Waals surface area contributed by atoms with Gasteiger partial charge in [-0.2, -0.15) is 18.3 Å². The van der Waals surface area contributed by atoms with Crippen LogP contribution in [0, 0.1) is 0 Å². The highest BCUT2D eigenvalue weighted by atomic mass is 35.5. The van der Waals surface area contributed by atoms with E-state index in [-0.39, 0.29) is 28.8 Å². The summed E-state index contributed by atoms with van der Waals surface area (Å²) in [6.07, 6.45) is -2.09. The van der Waals surface area contributed by atoms with Gasteiger partial charge in [-0.1, -0.05) is 23.2 Å². The Labute approximate surface area is 177 Å². The molecule has 0 unspecified atom stereocenters. The van der Waals surface area contributed by atoms with Crippen LogP contribution in [0.3, 0.4) is 0 Å². The molecule has 3 heterocycles. The van der Waals surface area contributed by atoms with Crippen LogP contribution < -0.4 is 10.5 Å². The van der Waals surface area contributed by atoms with E-state index in [9.17, 15) is 22.8 Å². The van der Waals surface area contributed by atoms with Crippen molar-refractivity contribution in [1.82, 2.24) is 19.7 Å². The molecule has 1 N–H and O–H groups in total. The van der Waals surface area contributed by atoms with Gasteiger partial charge in [0.1, 0.15) is 16.5 Å². The second-order valence-electron chi connectivity index (χ2n) is 6.55. The van der Waals surface area contributed by atoms with Crippen LogP contribution in [0.15, 0.2) is 35.4 Å². The number of rotatable bonds is 3. The number of nitrogens with one attached hydrogen (secondary N) is 1. The molecule has 1 aromatic carbocycles. The molecule has 156 valence electrons. The Morgan fingerprint density at radius 3 is 2.67 bits per heavy atom. The molecule has 7 nitrogen and oxygen atoms in total. The van der Waals surface area contributed by atoms with Crippen LogP contribution in [-0.2, 0) is 19.3 Å². The number of nitrogens with zero attached hydrogens (tertiary/aromatic N) is 4. The first-order chi connectivity index (χ1) is 14.2. The van der Waals surface area contributed by atoms with Crippen molar-refractivity contribution >= 4 is 34.7 Å². The predicted molar refractivity (Wildman–Crippen MR) is 103 cm³/mol. The molecule has 2 aromatic heterocycles. The topological polar surface area (TPSA) is 83.9 Å². The average Bonchev–Trinajstić information content (AvgIpc) is 3.12. The average molecular weight is 458 g/mol. The highest BCUT2D eigenvalue weighted by Crippen LogP contribution is 2.35. The molecule has 0 saturated heterocycles. The Balaban J connectivity index is 1.68. The summed E-state index contributed by atoms with van der Waals surface area (Å²) in [4.78, 5) is 30.5. The van der Waals surface area contributed by atoms with E-state index in [0.717, 1.165) is 12.1 Å². The number of aromatic amines is 1. The molecule has 12 heteroatoms. The van der Waals surface area contributed by atoms with E-state index in [1.165, 1.54) is 18.5 Å². The van der Waals surface area contributed by atoms with Gasteiger partial charge < -0.3 is 9.47 Å². The number of halogens is 5. The summed E-state index contributed by atoms with van der Waals surface area (Å²) in [7, 11) is 0. The van der Waals surface area contributed by atoms with Crippen LogP contribution in [0.5, 0.6) is 0 Å². The minimum atomic E-state index is -4.73. The Morgan fingerprint density at radius 1 is 1.17 bits per heavy atom. The van der Waals surface area contributed by atoms with Crippen molar-refractivity contribution < 1.29 is 18.0 Å². The van der Waals surface area contributed by atoms with Crippen molar-refractivity contribution in [3.05, 3.63) is 73.6 Å². The Bertz CT molecular complexity index is 1210. The van der Waals surface area contributed by atoms with Crippen molar-refractivity contribution in [2.24, 2.45) is 0 Å². The molecule has 0 atom stereocenters. The zero-order chi connectivity index (χ0) is 21.6. The van der Waals surface area contributed by atoms with Crippen molar-refractivity contribution in [1.29, 1.82) is 0 Å². The molecule has 0 spiro atoms. The normalized spacial score (nSPS) is 14.0. The molecule has 0 saturated carbocycles. The van der Waals surface area contributed by atoms with E-state index in [1.54, 1.807) is 9.47 Å². The third kappa shape index (κ3) is 3.56. The number of alkyl halides is 3. The van der Waals surface area contributed by atoms with Gasteiger partial charge in [0.15, 0.2) is 0 Å². The van der Waals surface area contributed by atoms with Gasteiger partial charge in [0, 0.05) is 23.7 Å². The Hall–Kier alpha value is -2.85. The van der Waals surface area contributed by atoms with Crippen LogP contribution in [0.2, 0.25) is 10.0 Å². The smallest absolute Gasteiger partial charge is 0.360 e. The van der Waals surface area contributed by atoms with Gasteiger partial charge in [-0.25, -0.2) is 10.1 Å². The second-order valence-corrected chi connectivity index (χ2v) is 7.36. The lowest BCUT2D eigenvalue weighted by atomic mass is 10.0. The molecule has 0 amide bonds. The molecule has 30 heavy (non-hydrogen) atoms. The fourth-order valence-electron chi connectivity index (χ4n) is 3.33. The van der Waals surface area contributed by atoms with E-state index in [4.69, 9.17) is 23.2 Å². The van der Waals surface area contributed by atoms with Crippen molar-refractivity contribution in [2.75, 3.05) is 11.4 Å². The van der Waals surface area contributed by atoms with Gasteiger partial charge >= 0.3 is 6.18 Å². The summed E-state index contributed by atoms with van der Waals surface area (Å²) in [5.74, 6) is -0.356. The fraction of sp³-hybridized carbons (Fsp3) is 0.222. The number of fused-ring (bicyclic) bond motifs is 1. The largest absolute Gasteiger partial charge is 0.417 e. The summed E-state index contributed by atoms with van der Waals surface area (Å²) in [5.41, 5.74) is -1.71. The summed E-state index contributed by atoms with van der Waals surface area (Å²) in [5, 5.41) is 5.80. The third-order valence-electron chi connectivity index (χ3n) is 4.75. The molecular formula is C18H12Cl2F3N5O2. The molecule has 1 aliphatic rings. The van der Waals surface area contributed by atoms with Crippen molar-refractivity contribution in [3.63, 3.8) is 0 Å². The molecule has 0 bridgehead atoms. The molecular weight excluding hydrogens is 446 g/mol. The van der Waals surface area contributed by atoms with Crippen LogP contribution in [0.4, 0.5) is 18.9 Å². The van der Waals surface area contributed by atoms with Crippen molar-refractivity contribution in [3.8, 4) is 0 Å². The van der Waals surface area contributed by atoms with E-state index in [1.807, 2.05) is 0 Å². The Morgan fingerprint density at radius 2 is 1.93 bits per heavy atom. The number of ketones is 1. The first kappa shape index (κ1) is 20.4. The maximum absolute atomic E-state index is 13.4. The molecule has 4 rings (SSSR count). The van der Waals surface area contributed by atoms with Crippen LogP contribution in [0.25, 0.3) is 0 Å². The zero-order valence-corrected chi connectivity index (χ0v) is 16.5. The SMILES string of the molecule is O=C(c1ccc(Cl)cc1C(F)(F)F)c1cnc2n1CCN(c1cn[nH]c(=O)c1Cl)C2. The minimum absolute atomic E-state index is 0.0303. The highest BCUT2D eigenvalue weighted by molar-refractivity contribution is 6.33. The standard InChI is InChI=1S/C18H12Cl2F3N5O2/c19-9-1-2-10(11(5-9)18(21,22)23)16(29)13-6-24-14-8-27(3-4-28(13)14)12-7-25-26-17(30)15(12)20/h1-2,5-7H,3-4,8H2,(H,26,30). The van der Waals surface area contributed by atoms with E-state index in [0.29, 0.717) is 18.1 Å². The Kier molecular flexibility index (Phi) is 5.07. The molecule has 3 aromatic rings. The fourth-order valence-corrected chi connectivity index (χ4v) is 3.71. The van der Waals surface area contributed by atoms with Crippen LogP contribution in [0.1, 0.15) is 27.4 Å². The number of carbonyl (C=O) groups excluding carboxylic acids is 1. The quantitative estimate of drug-likeness (QED) is 0.608. The monoisotopic (exact) mass is 457 g/mol. The van der Waals surface area contributed by atoms with Gasteiger partial charge in [-0.3, -0.25) is 9.59 Å².